The fraction of sp³-hybridized carbons (Fsp3) is 0.526. The maximum absolute atomic E-state index is 12.0. The number of primary amides is 1. The molecule has 8 nitrogen and oxygen atoms in total. The van der Waals surface area contributed by atoms with E-state index in [9.17, 15) is 14.4 Å². The fourth-order valence-electron chi connectivity index (χ4n) is 2.41. The standard InChI is InChI=1S/C19H30N4O4/c1-13(2)16(17(21)24)23-18(25)15(20)10-6-7-11-22-19(26)27-12-14-8-4-3-5-9-14/h3-5,8-9,13,15-16H,6-7,10-12,20H2,1-2H3,(H2,21,24)(H,22,26)(H,23,25)/t15-,16+/m1/s1. The normalized spacial score (nSPS) is 12.9. The molecule has 0 heterocycles. The van der Waals surface area contributed by atoms with Crippen molar-refractivity contribution < 1.29 is 19.1 Å². The van der Waals surface area contributed by atoms with Crippen molar-refractivity contribution in [2.24, 2.45) is 17.4 Å². The average Bonchev–Trinajstić information content (AvgIpc) is 2.64. The van der Waals surface area contributed by atoms with Crippen LogP contribution in [0.4, 0.5) is 4.79 Å². The molecule has 0 bridgehead atoms. The Kier molecular flexibility index (Phi) is 9.89. The molecule has 0 aliphatic heterocycles. The summed E-state index contributed by atoms with van der Waals surface area (Å²) in [7, 11) is 0. The van der Waals surface area contributed by atoms with E-state index in [0.717, 1.165) is 5.56 Å². The molecule has 1 rings (SSSR count). The highest BCUT2D eigenvalue weighted by Gasteiger charge is 2.24. The molecule has 0 unspecified atom stereocenters. The van der Waals surface area contributed by atoms with Crippen molar-refractivity contribution in [3.8, 4) is 0 Å². The SMILES string of the molecule is CC(C)[C@H](NC(=O)[C@H](N)CCCCNC(=O)OCc1ccccc1)C(N)=O. The molecular formula is C19H30N4O4. The van der Waals surface area contributed by atoms with Gasteiger partial charge >= 0.3 is 6.09 Å². The van der Waals surface area contributed by atoms with E-state index in [1.165, 1.54) is 0 Å². The zero-order valence-electron chi connectivity index (χ0n) is 15.9. The third-order valence-corrected chi connectivity index (χ3v) is 4.03. The Bertz CT molecular complexity index is 607. The quantitative estimate of drug-likeness (QED) is 0.426. The van der Waals surface area contributed by atoms with Gasteiger partial charge < -0.3 is 26.8 Å². The van der Waals surface area contributed by atoms with E-state index in [4.69, 9.17) is 16.2 Å². The van der Waals surface area contributed by atoms with Gasteiger partial charge in [0.25, 0.3) is 0 Å². The van der Waals surface area contributed by atoms with Gasteiger partial charge in [0.2, 0.25) is 11.8 Å². The molecule has 2 atom stereocenters. The molecule has 8 heteroatoms. The summed E-state index contributed by atoms with van der Waals surface area (Å²) in [5, 5.41) is 5.23. The summed E-state index contributed by atoms with van der Waals surface area (Å²) in [5.74, 6) is -1.09. The highest BCUT2D eigenvalue weighted by atomic mass is 16.5. The van der Waals surface area contributed by atoms with E-state index in [-0.39, 0.29) is 12.5 Å². The lowest BCUT2D eigenvalue weighted by molar-refractivity contribution is -0.129. The van der Waals surface area contributed by atoms with Crippen molar-refractivity contribution in [1.82, 2.24) is 10.6 Å². The van der Waals surface area contributed by atoms with Crippen molar-refractivity contribution >= 4 is 17.9 Å². The second kappa shape index (κ2) is 11.9. The van der Waals surface area contributed by atoms with Gasteiger partial charge in [-0.3, -0.25) is 9.59 Å². The Morgan fingerprint density at radius 2 is 1.78 bits per heavy atom. The summed E-state index contributed by atoms with van der Waals surface area (Å²) in [4.78, 5) is 34.9. The number of hydrogen-bond acceptors (Lipinski definition) is 5. The summed E-state index contributed by atoms with van der Waals surface area (Å²) >= 11 is 0. The predicted molar refractivity (Wildman–Crippen MR) is 102 cm³/mol. The number of nitrogens with one attached hydrogen (secondary N) is 2. The third kappa shape index (κ3) is 9.05. The number of carbonyl (C=O) groups excluding carboxylic acids is 3. The predicted octanol–water partition coefficient (Wildman–Crippen LogP) is 1.04. The minimum atomic E-state index is -0.732. The zero-order chi connectivity index (χ0) is 20.2. The number of alkyl carbamates (subject to hydrolysis) is 1. The van der Waals surface area contributed by atoms with Crippen LogP contribution in [0.5, 0.6) is 0 Å². The van der Waals surface area contributed by atoms with Gasteiger partial charge in [0.15, 0.2) is 0 Å². The molecule has 1 aromatic carbocycles. The second-order valence-corrected chi connectivity index (χ2v) is 6.72. The van der Waals surface area contributed by atoms with Crippen LogP contribution in [-0.4, -0.2) is 36.5 Å². The van der Waals surface area contributed by atoms with Gasteiger partial charge in [-0.05, 0) is 30.7 Å². The Morgan fingerprint density at radius 3 is 2.37 bits per heavy atom. The van der Waals surface area contributed by atoms with E-state index < -0.39 is 30.0 Å². The van der Waals surface area contributed by atoms with E-state index >= 15 is 0 Å². The van der Waals surface area contributed by atoms with E-state index in [0.29, 0.717) is 25.8 Å². The number of amides is 3. The topological polar surface area (TPSA) is 137 Å². The van der Waals surface area contributed by atoms with E-state index in [1.54, 1.807) is 13.8 Å². The van der Waals surface area contributed by atoms with Crippen LogP contribution < -0.4 is 22.1 Å². The van der Waals surface area contributed by atoms with Crippen LogP contribution >= 0.6 is 0 Å². The van der Waals surface area contributed by atoms with Crippen LogP contribution in [0.15, 0.2) is 30.3 Å². The Morgan fingerprint density at radius 1 is 1.11 bits per heavy atom. The summed E-state index contributed by atoms with van der Waals surface area (Å²) in [6.45, 7) is 4.24. The fourth-order valence-corrected chi connectivity index (χ4v) is 2.41. The zero-order valence-corrected chi connectivity index (χ0v) is 15.9. The number of rotatable bonds is 11. The molecule has 0 fully saturated rings. The van der Waals surface area contributed by atoms with Gasteiger partial charge in [0.1, 0.15) is 12.6 Å². The molecule has 0 radical (unpaired) electrons. The minimum absolute atomic E-state index is 0.107. The number of unbranched alkanes of at least 4 members (excludes halogenated alkanes) is 1. The molecule has 0 aliphatic carbocycles. The first-order chi connectivity index (χ1) is 12.8. The van der Waals surface area contributed by atoms with E-state index in [2.05, 4.69) is 10.6 Å². The molecule has 1 aromatic rings. The smallest absolute Gasteiger partial charge is 0.407 e. The molecule has 0 aliphatic rings. The molecule has 0 saturated carbocycles. The maximum Gasteiger partial charge on any atom is 0.407 e. The van der Waals surface area contributed by atoms with Crippen molar-refractivity contribution in [3.05, 3.63) is 35.9 Å². The minimum Gasteiger partial charge on any atom is -0.445 e. The van der Waals surface area contributed by atoms with Crippen LogP contribution in [0.1, 0.15) is 38.7 Å². The summed E-state index contributed by atoms with van der Waals surface area (Å²) < 4.78 is 5.10. The van der Waals surface area contributed by atoms with Crippen LogP contribution in [0.25, 0.3) is 0 Å². The van der Waals surface area contributed by atoms with Gasteiger partial charge in [0.05, 0.1) is 6.04 Å². The summed E-state index contributed by atoms with van der Waals surface area (Å²) in [5.41, 5.74) is 12.0. The maximum atomic E-state index is 12.0. The first-order valence-electron chi connectivity index (χ1n) is 9.11. The average molecular weight is 378 g/mol. The van der Waals surface area contributed by atoms with Gasteiger partial charge in [0, 0.05) is 6.54 Å². The molecular weight excluding hydrogens is 348 g/mol. The van der Waals surface area contributed by atoms with Crippen molar-refractivity contribution in [3.63, 3.8) is 0 Å². The number of hydrogen-bond donors (Lipinski definition) is 4. The first-order valence-corrected chi connectivity index (χ1v) is 9.11. The van der Waals surface area contributed by atoms with Crippen LogP contribution in [0.3, 0.4) is 0 Å². The summed E-state index contributed by atoms with van der Waals surface area (Å²) in [6, 6.07) is 7.95. The molecule has 3 amide bonds. The Balaban J connectivity index is 2.16. The number of nitrogens with two attached hydrogens (primary N) is 2. The third-order valence-electron chi connectivity index (χ3n) is 4.03. The van der Waals surface area contributed by atoms with E-state index in [1.807, 2.05) is 30.3 Å². The molecule has 0 saturated heterocycles. The highest BCUT2D eigenvalue weighted by Crippen LogP contribution is 2.04. The molecule has 0 spiro atoms. The van der Waals surface area contributed by atoms with Crippen molar-refractivity contribution in [2.45, 2.75) is 51.8 Å². The van der Waals surface area contributed by atoms with Gasteiger partial charge in [-0.25, -0.2) is 4.79 Å². The molecule has 0 aromatic heterocycles. The highest BCUT2D eigenvalue weighted by molar-refractivity contribution is 5.89. The lowest BCUT2D eigenvalue weighted by Crippen LogP contribution is -2.52. The Labute approximate surface area is 160 Å². The van der Waals surface area contributed by atoms with Crippen molar-refractivity contribution in [1.29, 1.82) is 0 Å². The number of benzene rings is 1. The molecule has 150 valence electrons. The lowest BCUT2D eigenvalue weighted by atomic mass is 10.0. The number of ether oxygens (including phenoxy) is 1. The van der Waals surface area contributed by atoms with Crippen LogP contribution in [0, 0.1) is 5.92 Å². The monoisotopic (exact) mass is 378 g/mol. The summed E-state index contributed by atoms with van der Waals surface area (Å²) in [6.07, 6.45) is 1.26. The van der Waals surface area contributed by atoms with Gasteiger partial charge in [-0.1, -0.05) is 44.2 Å². The Hall–Kier alpha value is -2.61. The molecule has 6 N–H and O–H groups in total. The van der Waals surface area contributed by atoms with Crippen molar-refractivity contribution in [2.75, 3.05) is 6.54 Å². The lowest BCUT2D eigenvalue weighted by Gasteiger charge is -2.21. The molecule has 27 heavy (non-hydrogen) atoms. The second-order valence-electron chi connectivity index (χ2n) is 6.72. The van der Waals surface area contributed by atoms with Crippen LogP contribution in [-0.2, 0) is 20.9 Å². The largest absolute Gasteiger partial charge is 0.445 e. The number of carbonyl (C=O) groups is 3. The van der Waals surface area contributed by atoms with Gasteiger partial charge in [-0.2, -0.15) is 0 Å². The van der Waals surface area contributed by atoms with Gasteiger partial charge in [-0.15, -0.1) is 0 Å². The van der Waals surface area contributed by atoms with Crippen LogP contribution in [0.2, 0.25) is 0 Å². The first kappa shape index (κ1) is 22.4.